The molecule has 0 atom stereocenters. The van der Waals surface area contributed by atoms with Gasteiger partial charge in [-0.1, -0.05) is 29.4 Å². The summed E-state index contributed by atoms with van der Waals surface area (Å²) in [5, 5.41) is 11.1. The number of thioether (sulfide) groups is 1. The van der Waals surface area contributed by atoms with Crippen LogP contribution in [0.1, 0.15) is 11.1 Å². The van der Waals surface area contributed by atoms with Crippen LogP contribution < -0.4 is 9.50 Å². The monoisotopic (exact) mass is 423 g/mol. The standard InChI is InChI=1S/C17H14ClN3O4S2/c1-11-2-7-14(8-15(11)18)27(23,24)25-13-5-3-12(4-6-13)9-19-21-17-20-16(22)10-26-17/h2-9H,10H2,1H3,(H,20,21,22)/b19-9-. The molecule has 0 spiro atoms. The van der Waals surface area contributed by atoms with Gasteiger partial charge in [-0.3, -0.25) is 4.79 Å². The number of carbonyl (C=O) groups is 1. The molecule has 1 aliphatic rings. The van der Waals surface area contributed by atoms with Gasteiger partial charge >= 0.3 is 10.1 Å². The Balaban J connectivity index is 1.68. The van der Waals surface area contributed by atoms with Gasteiger partial charge in [0.05, 0.1) is 12.0 Å². The minimum absolute atomic E-state index is 0.0179. The number of halogens is 1. The zero-order valence-electron chi connectivity index (χ0n) is 14.0. The van der Waals surface area contributed by atoms with Crippen molar-refractivity contribution >= 4 is 50.8 Å². The molecule has 1 saturated heterocycles. The fourth-order valence-electron chi connectivity index (χ4n) is 2.04. The molecule has 0 radical (unpaired) electrons. The largest absolute Gasteiger partial charge is 0.379 e. The maximum absolute atomic E-state index is 12.3. The van der Waals surface area contributed by atoms with Crippen molar-refractivity contribution in [2.24, 2.45) is 10.2 Å². The lowest BCUT2D eigenvalue weighted by atomic mass is 10.2. The van der Waals surface area contributed by atoms with Gasteiger partial charge in [0.1, 0.15) is 10.6 Å². The zero-order valence-corrected chi connectivity index (χ0v) is 16.4. The molecular formula is C17H14ClN3O4S2. The Bertz CT molecular complexity index is 1030. The number of amides is 1. The summed E-state index contributed by atoms with van der Waals surface area (Å²) in [6.45, 7) is 1.78. The van der Waals surface area contributed by atoms with E-state index in [9.17, 15) is 13.2 Å². The third kappa shape index (κ3) is 5.09. The summed E-state index contributed by atoms with van der Waals surface area (Å²) in [6, 6.07) is 10.7. The normalized spacial score (nSPS) is 16.1. The van der Waals surface area contributed by atoms with Crippen LogP contribution in [0.15, 0.2) is 57.6 Å². The van der Waals surface area contributed by atoms with Crippen LogP contribution in [0.3, 0.4) is 0 Å². The van der Waals surface area contributed by atoms with Crippen molar-refractivity contribution in [2.75, 3.05) is 5.75 Å². The lowest BCUT2D eigenvalue weighted by Crippen LogP contribution is -2.19. The van der Waals surface area contributed by atoms with Crippen molar-refractivity contribution < 1.29 is 17.4 Å². The van der Waals surface area contributed by atoms with E-state index in [1.54, 1.807) is 25.1 Å². The fourth-order valence-corrected chi connectivity index (χ4v) is 3.87. The summed E-state index contributed by atoms with van der Waals surface area (Å²) in [5.74, 6) is 0.390. The molecule has 27 heavy (non-hydrogen) atoms. The lowest BCUT2D eigenvalue weighted by Gasteiger charge is -2.08. The van der Waals surface area contributed by atoms with Crippen molar-refractivity contribution in [1.82, 2.24) is 5.32 Å². The molecule has 0 aliphatic carbocycles. The SMILES string of the molecule is Cc1ccc(S(=O)(=O)Oc2ccc(/C=N\N=C3\NC(=O)CS3)cc2)cc1Cl. The Morgan fingerprint density at radius 1 is 1.22 bits per heavy atom. The van der Waals surface area contributed by atoms with E-state index in [0.717, 1.165) is 5.56 Å². The first-order valence-corrected chi connectivity index (χ1v) is 10.4. The van der Waals surface area contributed by atoms with E-state index in [1.165, 1.54) is 42.2 Å². The van der Waals surface area contributed by atoms with Crippen molar-refractivity contribution in [1.29, 1.82) is 0 Å². The second kappa shape index (κ2) is 8.12. The van der Waals surface area contributed by atoms with E-state index in [1.807, 2.05) is 0 Å². The smallest absolute Gasteiger partial charge is 0.339 e. The molecule has 0 aromatic heterocycles. The Morgan fingerprint density at radius 3 is 2.59 bits per heavy atom. The predicted octanol–water partition coefficient (Wildman–Crippen LogP) is 2.97. The Labute approximate surface area is 165 Å². The highest BCUT2D eigenvalue weighted by Crippen LogP contribution is 2.23. The number of nitrogens with zero attached hydrogens (tertiary/aromatic N) is 2. The highest BCUT2D eigenvalue weighted by Gasteiger charge is 2.18. The fraction of sp³-hybridized carbons (Fsp3) is 0.118. The first kappa shape index (κ1) is 19.4. The Hall–Kier alpha value is -2.36. The van der Waals surface area contributed by atoms with Gasteiger partial charge in [0, 0.05) is 5.02 Å². The van der Waals surface area contributed by atoms with Crippen LogP contribution in [0, 0.1) is 6.92 Å². The summed E-state index contributed by atoms with van der Waals surface area (Å²) in [6.07, 6.45) is 1.48. The number of aryl methyl sites for hydroxylation is 1. The van der Waals surface area contributed by atoms with E-state index in [-0.39, 0.29) is 16.6 Å². The number of nitrogens with one attached hydrogen (secondary N) is 1. The molecule has 1 heterocycles. The lowest BCUT2D eigenvalue weighted by molar-refractivity contribution is -0.116. The van der Waals surface area contributed by atoms with E-state index < -0.39 is 10.1 Å². The minimum atomic E-state index is -3.98. The number of carbonyl (C=O) groups excluding carboxylic acids is 1. The van der Waals surface area contributed by atoms with Gasteiger partial charge in [-0.05, 0) is 54.4 Å². The third-order valence-electron chi connectivity index (χ3n) is 3.46. The van der Waals surface area contributed by atoms with Crippen molar-refractivity contribution in [2.45, 2.75) is 11.8 Å². The van der Waals surface area contributed by atoms with E-state index in [4.69, 9.17) is 15.8 Å². The van der Waals surface area contributed by atoms with E-state index in [2.05, 4.69) is 15.5 Å². The van der Waals surface area contributed by atoms with Crippen molar-refractivity contribution in [3.63, 3.8) is 0 Å². The molecule has 2 aromatic rings. The van der Waals surface area contributed by atoms with Gasteiger partial charge in [-0.25, -0.2) is 0 Å². The second-order valence-electron chi connectivity index (χ2n) is 5.50. The molecular weight excluding hydrogens is 410 g/mol. The first-order valence-electron chi connectivity index (χ1n) is 7.68. The van der Waals surface area contributed by atoms with Crippen LogP contribution in [0.25, 0.3) is 0 Å². The average molecular weight is 424 g/mol. The molecule has 1 aliphatic heterocycles. The second-order valence-corrected chi connectivity index (χ2v) is 8.42. The topological polar surface area (TPSA) is 97.2 Å². The van der Waals surface area contributed by atoms with Gasteiger partial charge in [0.25, 0.3) is 0 Å². The van der Waals surface area contributed by atoms with Crippen molar-refractivity contribution in [3.8, 4) is 5.75 Å². The van der Waals surface area contributed by atoms with E-state index in [0.29, 0.717) is 21.5 Å². The average Bonchev–Trinajstić information content (AvgIpc) is 3.04. The molecule has 10 heteroatoms. The summed E-state index contributed by atoms with van der Waals surface area (Å²) in [5.41, 5.74) is 1.47. The summed E-state index contributed by atoms with van der Waals surface area (Å²) in [7, 11) is -3.98. The number of rotatable bonds is 5. The van der Waals surface area contributed by atoms with Crippen LogP contribution in [0.5, 0.6) is 5.75 Å². The van der Waals surface area contributed by atoms with Gasteiger partial charge in [-0.15, -0.1) is 5.10 Å². The number of hydrogen-bond acceptors (Lipinski definition) is 7. The van der Waals surface area contributed by atoms with Gasteiger partial charge in [0.2, 0.25) is 5.91 Å². The molecule has 1 amide bonds. The molecule has 0 bridgehead atoms. The maximum atomic E-state index is 12.3. The number of hydrogen-bond donors (Lipinski definition) is 1. The molecule has 7 nitrogen and oxygen atoms in total. The van der Waals surface area contributed by atoms with Crippen LogP contribution in [0.2, 0.25) is 5.02 Å². The summed E-state index contributed by atoms with van der Waals surface area (Å²) >= 11 is 7.25. The molecule has 1 N–H and O–H groups in total. The third-order valence-corrected chi connectivity index (χ3v) is 5.97. The van der Waals surface area contributed by atoms with Crippen molar-refractivity contribution in [3.05, 3.63) is 58.6 Å². The number of benzene rings is 2. The Kier molecular flexibility index (Phi) is 5.83. The van der Waals surface area contributed by atoms with Crippen LogP contribution in [-0.4, -0.2) is 31.5 Å². The summed E-state index contributed by atoms with van der Waals surface area (Å²) in [4.78, 5) is 11.0. The molecule has 0 unspecified atom stereocenters. The molecule has 3 rings (SSSR count). The molecule has 1 fully saturated rings. The number of amidine groups is 1. The molecule has 0 saturated carbocycles. The summed E-state index contributed by atoms with van der Waals surface area (Å²) < 4.78 is 29.8. The predicted molar refractivity (Wildman–Crippen MR) is 106 cm³/mol. The molecule has 140 valence electrons. The zero-order chi connectivity index (χ0) is 19.4. The molecule has 2 aromatic carbocycles. The van der Waals surface area contributed by atoms with Crippen LogP contribution in [0.4, 0.5) is 0 Å². The maximum Gasteiger partial charge on any atom is 0.339 e. The highest BCUT2D eigenvalue weighted by molar-refractivity contribution is 8.15. The first-order chi connectivity index (χ1) is 12.8. The van der Waals surface area contributed by atoms with E-state index >= 15 is 0 Å². The Morgan fingerprint density at radius 2 is 1.96 bits per heavy atom. The minimum Gasteiger partial charge on any atom is -0.379 e. The quantitative estimate of drug-likeness (QED) is 0.453. The van der Waals surface area contributed by atoms with Crippen LogP contribution >= 0.6 is 23.4 Å². The van der Waals surface area contributed by atoms with Gasteiger partial charge in [-0.2, -0.15) is 13.5 Å². The van der Waals surface area contributed by atoms with Gasteiger partial charge in [0.15, 0.2) is 5.17 Å². The van der Waals surface area contributed by atoms with Crippen LogP contribution in [-0.2, 0) is 14.9 Å². The van der Waals surface area contributed by atoms with Gasteiger partial charge < -0.3 is 9.50 Å². The highest BCUT2D eigenvalue weighted by atomic mass is 35.5.